The zero-order chi connectivity index (χ0) is 16.2. The summed E-state index contributed by atoms with van der Waals surface area (Å²) in [7, 11) is 0. The van der Waals surface area contributed by atoms with E-state index in [4.69, 9.17) is 0 Å². The number of H-pyrrole nitrogens is 1. The van der Waals surface area contributed by atoms with Crippen molar-refractivity contribution in [1.29, 1.82) is 0 Å². The number of rotatable bonds is 5. The fourth-order valence-corrected chi connectivity index (χ4v) is 2.66. The third-order valence-corrected chi connectivity index (χ3v) is 3.85. The van der Waals surface area contributed by atoms with E-state index in [-0.39, 0.29) is 16.9 Å². The summed E-state index contributed by atoms with van der Waals surface area (Å²) in [5.41, 5.74) is 2.40. The lowest BCUT2D eigenvalue weighted by Gasteiger charge is -2.00. The zero-order valence-electron chi connectivity index (χ0n) is 13.0. The summed E-state index contributed by atoms with van der Waals surface area (Å²) >= 11 is 0. The molecule has 0 unspecified atom stereocenters. The third-order valence-electron chi connectivity index (χ3n) is 3.85. The van der Waals surface area contributed by atoms with Crippen molar-refractivity contribution >= 4 is 5.78 Å². The molecule has 0 atom stereocenters. The van der Waals surface area contributed by atoms with Crippen LogP contribution in [0.15, 0.2) is 65.5 Å². The van der Waals surface area contributed by atoms with Gasteiger partial charge in [-0.1, -0.05) is 48.5 Å². The number of hydrogen-bond donors (Lipinski definition) is 1. The van der Waals surface area contributed by atoms with Gasteiger partial charge < -0.3 is 0 Å². The first kappa shape index (κ1) is 15.0. The Balaban J connectivity index is 1.84. The Morgan fingerprint density at radius 2 is 1.61 bits per heavy atom. The molecule has 0 fully saturated rings. The maximum absolute atomic E-state index is 12.6. The zero-order valence-corrected chi connectivity index (χ0v) is 13.0. The van der Waals surface area contributed by atoms with E-state index in [1.165, 1.54) is 4.68 Å². The second kappa shape index (κ2) is 6.48. The summed E-state index contributed by atoms with van der Waals surface area (Å²) < 4.78 is 1.42. The number of Topliss-reactive ketones (excluding diaryl/α,β-unsaturated/α-hetero) is 1. The van der Waals surface area contributed by atoms with E-state index in [2.05, 4.69) is 5.10 Å². The fraction of sp³-hybridized carbons (Fsp3) is 0.158. The van der Waals surface area contributed by atoms with Gasteiger partial charge in [0.05, 0.1) is 5.69 Å². The largest absolute Gasteiger partial charge is 0.295 e. The van der Waals surface area contributed by atoms with Crippen molar-refractivity contribution < 1.29 is 4.79 Å². The van der Waals surface area contributed by atoms with E-state index >= 15 is 0 Å². The molecule has 3 rings (SSSR count). The van der Waals surface area contributed by atoms with Gasteiger partial charge in [0, 0.05) is 12.1 Å². The SMILES string of the molecule is Cc1[nH]n(-c2ccccc2)c(=O)c1C(=O)CCc1ccccc1. The van der Waals surface area contributed by atoms with Crippen LogP contribution in [0.1, 0.15) is 28.0 Å². The van der Waals surface area contributed by atoms with E-state index in [1.807, 2.05) is 60.7 Å². The van der Waals surface area contributed by atoms with E-state index in [0.29, 0.717) is 18.5 Å². The van der Waals surface area contributed by atoms with E-state index in [0.717, 1.165) is 11.3 Å². The van der Waals surface area contributed by atoms with Crippen LogP contribution in [0.2, 0.25) is 0 Å². The van der Waals surface area contributed by atoms with Gasteiger partial charge in [-0.25, -0.2) is 4.68 Å². The first-order valence-electron chi connectivity index (χ1n) is 7.61. The Morgan fingerprint density at radius 3 is 2.26 bits per heavy atom. The standard InChI is InChI=1S/C19H18N2O2/c1-14-18(17(22)13-12-15-8-4-2-5-9-15)19(23)21(20-14)16-10-6-3-7-11-16/h2-11,20H,12-13H2,1H3. The molecule has 0 aliphatic rings. The molecular weight excluding hydrogens is 288 g/mol. The molecule has 0 amide bonds. The highest BCUT2D eigenvalue weighted by molar-refractivity contribution is 5.97. The second-order valence-corrected chi connectivity index (χ2v) is 5.50. The number of nitrogens with zero attached hydrogens (tertiary/aromatic N) is 1. The minimum absolute atomic E-state index is 0.123. The van der Waals surface area contributed by atoms with Crippen LogP contribution >= 0.6 is 0 Å². The van der Waals surface area contributed by atoms with Gasteiger partial charge in [0.25, 0.3) is 5.56 Å². The van der Waals surface area contributed by atoms with Crippen molar-refractivity contribution in [1.82, 2.24) is 9.78 Å². The number of carbonyl (C=O) groups is 1. The fourth-order valence-electron chi connectivity index (χ4n) is 2.66. The number of aryl methyl sites for hydroxylation is 2. The van der Waals surface area contributed by atoms with Crippen molar-refractivity contribution in [2.75, 3.05) is 0 Å². The lowest BCUT2D eigenvalue weighted by Crippen LogP contribution is -2.20. The molecule has 1 N–H and O–H groups in total. The van der Waals surface area contributed by atoms with Crippen LogP contribution in [0.25, 0.3) is 5.69 Å². The number of carbonyl (C=O) groups excluding carboxylic acids is 1. The van der Waals surface area contributed by atoms with Crippen molar-refractivity contribution in [2.45, 2.75) is 19.8 Å². The highest BCUT2D eigenvalue weighted by Crippen LogP contribution is 2.11. The molecule has 4 heteroatoms. The van der Waals surface area contributed by atoms with E-state index in [1.54, 1.807) is 6.92 Å². The Bertz CT molecular complexity index is 861. The maximum atomic E-state index is 12.6. The first-order valence-corrected chi connectivity index (χ1v) is 7.61. The molecule has 0 saturated heterocycles. The number of hydrogen-bond acceptors (Lipinski definition) is 2. The summed E-state index contributed by atoms with van der Waals surface area (Å²) in [6.07, 6.45) is 0.960. The van der Waals surface area contributed by atoms with Crippen molar-refractivity contribution in [3.63, 3.8) is 0 Å². The molecule has 3 aromatic rings. The molecule has 0 aliphatic carbocycles. The predicted octanol–water partition coefficient (Wildman–Crippen LogP) is 3.29. The minimum Gasteiger partial charge on any atom is -0.295 e. The Kier molecular flexibility index (Phi) is 4.24. The van der Waals surface area contributed by atoms with E-state index < -0.39 is 0 Å². The maximum Gasteiger partial charge on any atom is 0.282 e. The second-order valence-electron chi connectivity index (χ2n) is 5.50. The number of benzene rings is 2. The highest BCUT2D eigenvalue weighted by Gasteiger charge is 2.19. The molecule has 0 spiro atoms. The van der Waals surface area contributed by atoms with Gasteiger partial charge in [0.1, 0.15) is 5.56 Å². The summed E-state index contributed by atoms with van der Waals surface area (Å²) in [5.74, 6) is -0.123. The molecule has 0 saturated carbocycles. The predicted molar refractivity (Wildman–Crippen MR) is 90.2 cm³/mol. The molecule has 4 nitrogen and oxygen atoms in total. The molecule has 1 heterocycles. The van der Waals surface area contributed by atoms with Gasteiger partial charge >= 0.3 is 0 Å². The Labute approximate surface area is 134 Å². The summed E-state index contributed by atoms with van der Waals surface area (Å²) in [4.78, 5) is 25.0. The van der Waals surface area contributed by atoms with Crippen molar-refractivity contribution in [3.8, 4) is 5.69 Å². The molecule has 116 valence electrons. The number of ketones is 1. The number of nitrogens with one attached hydrogen (secondary N) is 1. The number of aromatic amines is 1. The number of aromatic nitrogens is 2. The van der Waals surface area contributed by atoms with Crippen LogP contribution in [0, 0.1) is 6.92 Å². The van der Waals surface area contributed by atoms with Gasteiger partial charge in [0.2, 0.25) is 0 Å². The van der Waals surface area contributed by atoms with Crippen LogP contribution in [-0.2, 0) is 6.42 Å². The van der Waals surface area contributed by atoms with Gasteiger partial charge in [-0.2, -0.15) is 0 Å². The summed E-state index contributed by atoms with van der Waals surface area (Å²) in [6.45, 7) is 1.76. The average Bonchev–Trinajstić information content (AvgIpc) is 2.89. The van der Waals surface area contributed by atoms with Crippen LogP contribution in [-0.4, -0.2) is 15.6 Å². The van der Waals surface area contributed by atoms with Crippen molar-refractivity contribution in [2.24, 2.45) is 0 Å². The molecule has 0 aliphatic heterocycles. The highest BCUT2D eigenvalue weighted by atomic mass is 16.2. The smallest absolute Gasteiger partial charge is 0.282 e. The number of para-hydroxylation sites is 1. The quantitative estimate of drug-likeness (QED) is 0.735. The van der Waals surface area contributed by atoms with Gasteiger partial charge in [-0.15, -0.1) is 0 Å². The Hall–Kier alpha value is -2.88. The van der Waals surface area contributed by atoms with Crippen molar-refractivity contribution in [3.05, 3.63) is 87.8 Å². The van der Waals surface area contributed by atoms with Gasteiger partial charge in [-0.3, -0.25) is 14.7 Å². The summed E-state index contributed by atoms with van der Waals surface area (Å²) in [5, 5.41) is 2.99. The topological polar surface area (TPSA) is 54.9 Å². The van der Waals surface area contributed by atoms with Crippen LogP contribution in [0.5, 0.6) is 0 Å². The Morgan fingerprint density at radius 1 is 1.00 bits per heavy atom. The molecule has 2 aromatic carbocycles. The van der Waals surface area contributed by atoms with Crippen LogP contribution in [0.4, 0.5) is 0 Å². The normalized spacial score (nSPS) is 10.7. The molecule has 23 heavy (non-hydrogen) atoms. The lowest BCUT2D eigenvalue weighted by atomic mass is 10.0. The molecular formula is C19H18N2O2. The average molecular weight is 306 g/mol. The minimum atomic E-state index is -0.285. The van der Waals surface area contributed by atoms with Gasteiger partial charge in [0.15, 0.2) is 5.78 Å². The van der Waals surface area contributed by atoms with Crippen LogP contribution < -0.4 is 5.56 Å². The molecule has 0 radical (unpaired) electrons. The van der Waals surface area contributed by atoms with Crippen LogP contribution in [0.3, 0.4) is 0 Å². The third kappa shape index (κ3) is 3.16. The first-order chi connectivity index (χ1) is 11.2. The van der Waals surface area contributed by atoms with E-state index in [9.17, 15) is 9.59 Å². The summed E-state index contributed by atoms with van der Waals surface area (Å²) in [6, 6.07) is 19.1. The monoisotopic (exact) mass is 306 g/mol. The van der Waals surface area contributed by atoms with Gasteiger partial charge in [-0.05, 0) is 31.0 Å². The molecule has 1 aromatic heterocycles. The lowest BCUT2D eigenvalue weighted by molar-refractivity contribution is 0.0981. The molecule has 0 bridgehead atoms.